The molecule has 0 heterocycles. The maximum Gasteiger partial charge on any atom is 0.409 e. The first-order valence-electron chi connectivity index (χ1n) is 2.33. The molecule has 0 saturated carbocycles. The van der Waals surface area contributed by atoms with Gasteiger partial charge in [-0.3, -0.25) is 0 Å². The molecule has 0 spiro atoms. The van der Waals surface area contributed by atoms with Crippen LogP contribution in [0, 0.1) is 0 Å². The Morgan fingerprint density at radius 2 is 1.20 bits per heavy atom. The van der Waals surface area contributed by atoms with Crippen LogP contribution in [-0.2, 0) is 11.2 Å². The van der Waals surface area contributed by atoms with Gasteiger partial charge in [0.05, 0.1) is 25.0 Å². The molecule has 0 N–H and O–H groups in total. The van der Waals surface area contributed by atoms with Crippen LogP contribution in [0.5, 0.6) is 0 Å². The molecule has 0 aliphatic rings. The smallest absolute Gasteiger partial charge is 0.409 e. The third-order valence-electron chi connectivity index (χ3n) is 0.651. The van der Waals surface area contributed by atoms with E-state index in [4.69, 9.17) is 0 Å². The normalized spacial score (nSPS) is 14.4. The second-order valence-corrected chi connectivity index (χ2v) is 3.86. The zero-order chi connectivity index (χ0) is 8.58. The molecule has 1 nitrogen and oxygen atoms in total. The molecule has 0 bridgehead atoms. The van der Waals surface area contributed by atoms with E-state index < -0.39 is 21.7 Å². The van der Waals surface area contributed by atoms with Gasteiger partial charge in [-0.25, -0.2) is 0 Å². The second-order valence-electron chi connectivity index (χ2n) is 1.88. The first kappa shape index (κ1) is 10.0. The summed E-state index contributed by atoms with van der Waals surface area (Å²) in [4.78, 5) is 0. The van der Waals surface area contributed by atoms with Crippen LogP contribution in [0.2, 0.25) is 0 Å². The molecule has 6 heteroatoms. The van der Waals surface area contributed by atoms with Crippen LogP contribution >= 0.6 is 0 Å². The van der Waals surface area contributed by atoms with Crippen LogP contribution in [0.1, 0.15) is 13.8 Å². The summed E-state index contributed by atoms with van der Waals surface area (Å²) in [5.74, 6) is 0. The lowest BCUT2D eigenvalue weighted by atomic mass is 10.8. The summed E-state index contributed by atoms with van der Waals surface area (Å²) < 4.78 is 57.4. The zero-order valence-electron chi connectivity index (χ0n) is 5.33. The lowest BCUT2D eigenvalue weighted by molar-refractivity contribution is 0.0664. The summed E-state index contributed by atoms with van der Waals surface area (Å²) in [5.41, 5.74) is 0. The first-order chi connectivity index (χ1) is 4.15. The predicted molar refractivity (Wildman–Crippen MR) is 29.4 cm³/mol. The fraction of sp³-hybridized carbons (Fsp3) is 1.00. The molecule has 0 aromatic carbocycles. The quantitative estimate of drug-likeness (QED) is 0.468. The van der Waals surface area contributed by atoms with Gasteiger partial charge in [0, 0.05) is 0 Å². The first-order valence-corrected chi connectivity index (χ1v) is 3.48. The molecule has 0 saturated heterocycles. The van der Waals surface area contributed by atoms with E-state index in [1.165, 1.54) is 0 Å². The fourth-order valence-electron chi connectivity index (χ4n) is 0.315. The summed E-state index contributed by atoms with van der Waals surface area (Å²) in [5, 5.41) is -7.67. The van der Waals surface area contributed by atoms with Crippen molar-refractivity contribution >= 4 is 11.2 Å². The molecular formula is C4H6F4OS. The number of hydrogen-bond acceptors (Lipinski definition) is 1. The highest BCUT2D eigenvalue weighted by atomic mass is 32.2. The molecule has 0 rings (SSSR count). The average molecular weight is 178 g/mol. The van der Waals surface area contributed by atoms with Gasteiger partial charge >= 0.3 is 10.5 Å². The predicted octanol–water partition coefficient (Wildman–Crippen LogP) is 1.96. The molecule has 0 aromatic rings. The van der Waals surface area contributed by atoms with Crippen LogP contribution in [0.25, 0.3) is 0 Å². The largest absolute Gasteiger partial charge is 0.607 e. The number of rotatable bonds is 2. The molecule has 0 aliphatic heterocycles. The second kappa shape index (κ2) is 2.58. The van der Waals surface area contributed by atoms with Crippen LogP contribution in [0.4, 0.5) is 17.6 Å². The summed E-state index contributed by atoms with van der Waals surface area (Å²) >= 11 is -3.42. The van der Waals surface area contributed by atoms with Gasteiger partial charge in [-0.1, -0.05) is 0 Å². The van der Waals surface area contributed by atoms with Crippen molar-refractivity contribution in [2.45, 2.75) is 24.4 Å². The van der Waals surface area contributed by atoms with Crippen molar-refractivity contribution in [2.75, 3.05) is 0 Å². The van der Waals surface area contributed by atoms with Crippen LogP contribution in [-0.4, -0.2) is 15.1 Å². The minimum Gasteiger partial charge on any atom is -0.607 e. The molecular weight excluding hydrogens is 172 g/mol. The monoisotopic (exact) mass is 178 g/mol. The van der Waals surface area contributed by atoms with E-state index in [9.17, 15) is 22.1 Å². The molecule has 0 amide bonds. The highest BCUT2D eigenvalue weighted by Gasteiger charge is 2.52. The van der Waals surface area contributed by atoms with E-state index in [2.05, 4.69) is 0 Å². The van der Waals surface area contributed by atoms with Crippen molar-refractivity contribution in [2.24, 2.45) is 0 Å². The van der Waals surface area contributed by atoms with Crippen LogP contribution in [0.3, 0.4) is 0 Å². The summed E-state index contributed by atoms with van der Waals surface area (Å²) in [6.07, 6.45) is 0. The Bertz CT molecular complexity index is 101. The Labute approximate surface area is 58.6 Å². The third kappa shape index (κ3) is 2.74. The molecule has 0 atom stereocenters. The van der Waals surface area contributed by atoms with Gasteiger partial charge < -0.3 is 4.55 Å². The maximum atomic E-state index is 11.8. The molecule has 0 unspecified atom stereocenters. The lowest BCUT2D eigenvalue weighted by Gasteiger charge is -2.20. The summed E-state index contributed by atoms with van der Waals surface area (Å²) in [6, 6.07) is 0. The number of alkyl halides is 4. The average Bonchev–Trinajstić information content (AvgIpc) is 1.59. The number of hydrogen-bond donors (Lipinski definition) is 0. The fourth-order valence-corrected chi connectivity index (χ4v) is 0.944. The maximum absolute atomic E-state index is 11.8. The van der Waals surface area contributed by atoms with Crippen molar-refractivity contribution < 1.29 is 22.1 Å². The lowest BCUT2D eigenvalue weighted by Crippen LogP contribution is -2.38. The van der Waals surface area contributed by atoms with Crippen LogP contribution in [0.15, 0.2) is 0 Å². The Kier molecular flexibility index (Phi) is 2.59. The van der Waals surface area contributed by atoms with Gasteiger partial charge in [-0.2, -0.15) is 17.6 Å². The minimum atomic E-state index is -3.84. The van der Waals surface area contributed by atoms with E-state index in [0.717, 1.165) is 0 Å². The minimum absolute atomic E-state index is 0.195. The van der Waals surface area contributed by atoms with Crippen molar-refractivity contribution in [3.05, 3.63) is 0 Å². The van der Waals surface area contributed by atoms with Gasteiger partial charge in [0.2, 0.25) is 0 Å². The summed E-state index contributed by atoms with van der Waals surface area (Å²) in [7, 11) is 0. The highest BCUT2D eigenvalue weighted by molar-refractivity contribution is 7.93. The van der Waals surface area contributed by atoms with E-state index in [1.807, 2.05) is 0 Å². The van der Waals surface area contributed by atoms with Crippen LogP contribution < -0.4 is 0 Å². The van der Waals surface area contributed by atoms with Gasteiger partial charge in [0.25, 0.3) is 0 Å². The van der Waals surface area contributed by atoms with E-state index >= 15 is 0 Å². The van der Waals surface area contributed by atoms with Gasteiger partial charge in [-0.05, 0) is 0 Å². The molecule has 0 radical (unpaired) electrons. The zero-order valence-corrected chi connectivity index (χ0v) is 6.14. The SMILES string of the molecule is CC(F)(F)[S+]([O-])C(C)(F)F. The van der Waals surface area contributed by atoms with Crippen molar-refractivity contribution in [3.8, 4) is 0 Å². The van der Waals surface area contributed by atoms with Gasteiger partial charge in [-0.15, -0.1) is 0 Å². The topological polar surface area (TPSA) is 23.1 Å². The third-order valence-corrected chi connectivity index (χ3v) is 1.95. The molecule has 0 aliphatic carbocycles. The molecule has 0 aromatic heterocycles. The van der Waals surface area contributed by atoms with E-state index in [-0.39, 0.29) is 13.8 Å². The Morgan fingerprint density at radius 1 is 1.00 bits per heavy atom. The standard InChI is InChI=1S/C4H6F4OS/c1-3(5,6)10(9)4(2,7)8/h1-2H3. The van der Waals surface area contributed by atoms with Crippen molar-refractivity contribution in [1.82, 2.24) is 0 Å². The van der Waals surface area contributed by atoms with Crippen molar-refractivity contribution in [3.63, 3.8) is 0 Å². The van der Waals surface area contributed by atoms with Crippen molar-refractivity contribution in [1.29, 1.82) is 0 Å². The Hall–Kier alpha value is 0.0300. The molecule has 10 heavy (non-hydrogen) atoms. The van der Waals surface area contributed by atoms with E-state index in [0.29, 0.717) is 0 Å². The number of halogens is 4. The molecule has 62 valence electrons. The van der Waals surface area contributed by atoms with Gasteiger partial charge in [0.15, 0.2) is 0 Å². The van der Waals surface area contributed by atoms with E-state index in [1.54, 1.807) is 0 Å². The Morgan fingerprint density at radius 3 is 1.20 bits per heavy atom. The van der Waals surface area contributed by atoms with Gasteiger partial charge in [0.1, 0.15) is 0 Å². The highest BCUT2D eigenvalue weighted by Crippen LogP contribution is 2.33. The Balaban J connectivity index is 4.23. The summed E-state index contributed by atoms with van der Waals surface area (Å²) in [6.45, 7) is 0.390. The molecule has 0 fully saturated rings.